The summed E-state index contributed by atoms with van der Waals surface area (Å²) in [6, 6.07) is 0. The van der Waals surface area contributed by atoms with Gasteiger partial charge in [0.15, 0.2) is 5.82 Å². The minimum Gasteiger partial charge on any atom is -0.337 e. The molecule has 0 aromatic carbocycles. The molecular weight excluding hydrogens is 182 g/mol. The van der Waals surface area contributed by atoms with E-state index in [1.54, 1.807) is 6.20 Å². The second-order valence-corrected chi connectivity index (χ2v) is 2.89. The SMILES string of the molecule is Cn1ccnc1CNCc1nn[nH]n1. The molecule has 0 saturated carbocycles. The molecule has 14 heavy (non-hydrogen) atoms. The molecule has 74 valence electrons. The molecule has 2 rings (SSSR count). The van der Waals surface area contributed by atoms with Gasteiger partial charge in [0.1, 0.15) is 5.82 Å². The van der Waals surface area contributed by atoms with Gasteiger partial charge >= 0.3 is 0 Å². The van der Waals surface area contributed by atoms with Crippen molar-refractivity contribution < 1.29 is 0 Å². The van der Waals surface area contributed by atoms with Crippen LogP contribution < -0.4 is 5.32 Å². The molecule has 0 aliphatic heterocycles. The molecule has 0 bridgehead atoms. The molecule has 2 aromatic rings. The van der Waals surface area contributed by atoms with Gasteiger partial charge in [-0.2, -0.15) is 5.21 Å². The molecule has 0 fully saturated rings. The number of imidazole rings is 1. The third-order valence-corrected chi connectivity index (χ3v) is 1.88. The number of aryl methyl sites for hydroxylation is 1. The average Bonchev–Trinajstić information content (AvgIpc) is 2.78. The van der Waals surface area contributed by atoms with E-state index in [0.717, 1.165) is 5.82 Å². The average molecular weight is 193 g/mol. The fourth-order valence-electron chi connectivity index (χ4n) is 1.11. The van der Waals surface area contributed by atoms with E-state index >= 15 is 0 Å². The first-order valence-electron chi connectivity index (χ1n) is 4.25. The molecule has 0 aliphatic rings. The van der Waals surface area contributed by atoms with Gasteiger partial charge in [0, 0.05) is 19.4 Å². The number of hydrogen-bond donors (Lipinski definition) is 2. The van der Waals surface area contributed by atoms with Gasteiger partial charge < -0.3 is 9.88 Å². The maximum Gasteiger partial charge on any atom is 0.188 e. The van der Waals surface area contributed by atoms with Gasteiger partial charge in [-0.25, -0.2) is 4.98 Å². The number of nitrogens with zero attached hydrogens (tertiary/aromatic N) is 5. The number of aromatic nitrogens is 6. The summed E-state index contributed by atoms with van der Waals surface area (Å²) in [5, 5.41) is 16.7. The summed E-state index contributed by atoms with van der Waals surface area (Å²) in [7, 11) is 1.96. The normalized spacial score (nSPS) is 10.6. The van der Waals surface area contributed by atoms with Crippen molar-refractivity contribution in [3.05, 3.63) is 24.0 Å². The van der Waals surface area contributed by atoms with Crippen molar-refractivity contribution in [2.45, 2.75) is 13.1 Å². The van der Waals surface area contributed by atoms with E-state index in [0.29, 0.717) is 18.9 Å². The highest BCUT2D eigenvalue weighted by Crippen LogP contribution is 1.93. The van der Waals surface area contributed by atoms with Crippen molar-refractivity contribution in [2.75, 3.05) is 0 Å². The summed E-state index contributed by atoms with van der Waals surface area (Å²) >= 11 is 0. The molecule has 2 N–H and O–H groups in total. The lowest BCUT2D eigenvalue weighted by Gasteiger charge is -2.01. The van der Waals surface area contributed by atoms with E-state index in [1.807, 2.05) is 17.8 Å². The second kappa shape index (κ2) is 3.97. The topological polar surface area (TPSA) is 84.3 Å². The minimum absolute atomic E-state index is 0.587. The number of aromatic amines is 1. The van der Waals surface area contributed by atoms with Crippen molar-refractivity contribution in [3.63, 3.8) is 0 Å². The van der Waals surface area contributed by atoms with Crippen molar-refractivity contribution in [1.29, 1.82) is 0 Å². The molecule has 2 heterocycles. The summed E-state index contributed by atoms with van der Waals surface area (Å²) in [6.45, 7) is 1.28. The Kier molecular flexibility index (Phi) is 2.50. The van der Waals surface area contributed by atoms with Crippen LogP contribution in [0.4, 0.5) is 0 Å². The highest BCUT2D eigenvalue weighted by molar-refractivity contribution is 4.90. The molecular formula is C7H11N7. The molecule has 0 spiro atoms. The zero-order valence-corrected chi connectivity index (χ0v) is 7.80. The van der Waals surface area contributed by atoms with E-state index in [4.69, 9.17) is 0 Å². The Morgan fingerprint density at radius 1 is 1.50 bits per heavy atom. The van der Waals surface area contributed by atoms with Gasteiger partial charge in [-0.3, -0.25) is 0 Å². The molecule has 0 unspecified atom stereocenters. The predicted octanol–water partition coefficient (Wildman–Crippen LogP) is -0.777. The Morgan fingerprint density at radius 2 is 2.43 bits per heavy atom. The van der Waals surface area contributed by atoms with Crippen LogP contribution in [0, 0.1) is 0 Å². The Labute approximate surface area is 80.5 Å². The lowest BCUT2D eigenvalue weighted by atomic mass is 10.5. The zero-order valence-electron chi connectivity index (χ0n) is 7.80. The van der Waals surface area contributed by atoms with Crippen molar-refractivity contribution >= 4 is 0 Å². The highest BCUT2D eigenvalue weighted by Gasteiger charge is 2.00. The van der Waals surface area contributed by atoms with Crippen molar-refractivity contribution in [3.8, 4) is 0 Å². The fraction of sp³-hybridized carbons (Fsp3) is 0.429. The Bertz CT molecular complexity index is 376. The number of hydrogen-bond acceptors (Lipinski definition) is 5. The summed E-state index contributed by atoms with van der Waals surface area (Å²) in [4.78, 5) is 4.17. The van der Waals surface area contributed by atoms with Crippen molar-refractivity contribution in [2.24, 2.45) is 7.05 Å². The van der Waals surface area contributed by atoms with Crippen LogP contribution in [0.5, 0.6) is 0 Å². The standard InChI is InChI=1S/C7H11N7/c1-14-3-2-9-7(14)5-8-4-6-10-12-13-11-6/h2-3,8H,4-5H2,1H3,(H,10,11,12,13). The molecule has 7 heteroatoms. The van der Waals surface area contributed by atoms with Crippen LogP contribution in [0.1, 0.15) is 11.6 Å². The van der Waals surface area contributed by atoms with Crippen LogP contribution in [0.25, 0.3) is 0 Å². The molecule has 0 atom stereocenters. The van der Waals surface area contributed by atoms with Gasteiger partial charge in [-0.05, 0) is 0 Å². The number of rotatable bonds is 4. The first-order chi connectivity index (χ1) is 6.86. The van der Waals surface area contributed by atoms with E-state index in [-0.39, 0.29) is 0 Å². The van der Waals surface area contributed by atoms with Gasteiger partial charge in [0.25, 0.3) is 0 Å². The van der Waals surface area contributed by atoms with Crippen molar-refractivity contribution in [1.82, 2.24) is 35.5 Å². The number of tetrazole rings is 1. The maximum absolute atomic E-state index is 4.17. The minimum atomic E-state index is 0.587. The lowest BCUT2D eigenvalue weighted by Crippen LogP contribution is -2.16. The van der Waals surface area contributed by atoms with Gasteiger partial charge in [0.05, 0.1) is 13.1 Å². The van der Waals surface area contributed by atoms with Gasteiger partial charge in [-0.15, -0.1) is 10.2 Å². The molecule has 7 nitrogen and oxygen atoms in total. The van der Waals surface area contributed by atoms with E-state index < -0.39 is 0 Å². The van der Waals surface area contributed by atoms with E-state index in [1.165, 1.54) is 0 Å². The zero-order chi connectivity index (χ0) is 9.80. The van der Waals surface area contributed by atoms with E-state index in [9.17, 15) is 0 Å². The fourth-order valence-corrected chi connectivity index (χ4v) is 1.11. The van der Waals surface area contributed by atoms with Crippen LogP contribution >= 0.6 is 0 Å². The van der Waals surface area contributed by atoms with Gasteiger partial charge in [0.2, 0.25) is 0 Å². The number of nitrogens with one attached hydrogen (secondary N) is 2. The summed E-state index contributed by atoms with van der Waals surface area (Å²) in [6.07, 6.45) is 3.68. The highest BCUT2D eigenvalue weighted by atomic mass is 15.5. The lowest BCUT2D eigenvalue weighted by molar-refractivity contribution is 0.620. The van der Waals surface area contributed by atoms with Crippen LogP contribution in [-0.4, -0.2) is 30.2 Å². The van der Waals surface area contributed by atoms with Crippen LogP contribution in [0.3, 0.4) is 0 Å². The summed E-state index contributed by atoms with van der Waals surface area (Å²) in [5.74, 6) is 1.63. The Morgan fingerprint density at radius 3 is 3.07 bits per heavy atom. The molecule has 0 radical (unpaired) electrons. The second-order valence-electron chi connectivity index (χ2n) is 2.89. The maximum atomic E-state index is 4.17. The monoisotopic (exact) mass is 193 g/mol. The largest absolute Gasteiger partial charge is 0.337 e. The predicted molar refractivity (Wildman–Crippen MR) is 47.9 cm³/mol. The third kappa shape index (κ3) is 1.94. The molecule has 0 saturated heterocycles. The molecule has 0 amide bonds. The number of H-pyrrole nitrogens is 1. The molecule has 2 aromatic heterocycles. The summed E-state index contributed by atoms with van der Waals surface area (Å²) < 4.78 is 1.96. The molecule has 0 aliphatic carbocycles. The van der Waals surface area contributed by atoms with Crippen LogP contribution in [-0.2, 0) is 20.1 Å². The quantitative estimate of drug-likeness (QED) is 0.665. The first-order valence-corrected chi connectivity index (χ1v) is 4.25. The Hall–Kier alpha value is -1.76. The van der Waals surface area contributed by atoms with Crippen LogP contribution in [0.15, 0.2) is 12.4 Å². The third-order valence-electron chi connectivity index (χ3n) is 1.88. The summed E-state index contributed by atoms with van der Waals surface area (Å²) in [5.41, 5.74) is 0. The smallest absolute Gasteiger partial charge is 0.188 e. The van der Waals surface area contributed by atoms with Gasteiger partial charge in [-0.1, -0.05) is 5.21 Å². The Balaban J connectivity index is 1.81. The van der Waals surface area contributed by atoms with Crippen LogP contribution in [0.2, 0.25) is 0 Å². The van der Waals surface area contributed by atoms with E-state index in [2.05, 4.69) is 30.9 Å². The first kappa shape index (κ1) is 8.82.